The van der Waals surface area contributed by atoms with Crippen molar-refractivity contribution in [3.05, 3.63) is 92.0 Å². The predicted molar refractivity (Wildman–Crippen MR) is 116 cm³/mol. The molecule has 7 nitrogen and oxygen atoms in total. The maximum absolute atomic E-state index is 13.8. The first-order valence-corrected chi connectivity index (χ1v) is 9.41. The van der Waals surface area contributed by atoms with E-state index in [-0.39, 0.29) is 22.0 Å². The van der Waals surface area contributed by atoms with Crippen molar-refractivity contribution < 1.29 is 14.1 Å². The van der Waals surface area contributed by atoms with Gasteiger partial charge in [0, 0.05) is 23.1 Å². The highest BCUT2D eigenvalue weighted by Gasteiger charge is 2.17. The molecule has 156 valence electrons. The first-order valence-electron chi connectivity index (χ1n) is 9.04. The summed E-state index contributed by atoms with van der Waals surface area (Å²) in [6, 6.07) is 13.6. The Hall–Kier alpha value is -3.96. The Balaban J connectivity index is 1.97. The minimum Gasteiger partial charge on any atom is -0.319 e. The number of nitrogens with one attached hydrogen (secondary N) is 1. The molecule has 0 aliphatic heterocycles. The molecule has 1 amide bonds. The predicted octanol–water partition coefficient (Wildman–Crippen LogP) is 5.34. The van der Waals surface area contributed by atoms with Crippen molar-refractivity contribution in [1.82, 2.24) is 4.57 Å². The largest absolute Gasteiger partial charge is 0.319 e. The lowest BCUT2D eigenvalue weighted by molar-refractivity contribution is -0.384. The summed E-state index contributed by atoms with van der Waals surface area (Å²) in [6.45, 7) is 3.59. The fourth-order valence-electron chi connectivity index (χ4n) is 3.17. The zero-order valence-corrected chi connectivity index (χ0v) is 17.3. The molecule has 0 fully saturated rings. The Kier molecular flexibility index (Phi) is 6.18. The number of rotatable bonds is 5. The number of para-hydroxylation sites is 1. The van der Waals surface area contributed by atoms with Gasteiger partial charge in [-0.25, -0.2) is 4.39 Å². The van der Waals surface area contributed by atoms with Crippen LogP contribution in [0.1, 0.15) is 17.0 Å². The topological polar surface area (TPSA) is 101 Å². The summed E-state index contributed by atoms with van der Waals surface area (Å²) in [6.07, 6.45) is 1.40. The zero-order valence-electron chi connectivity index (χ0n) is 16.5. The fourth-order valence-corrected chi connectivity index (χ4v) is 3.41. The molecule has 2 aromatic carbocycles. The van der Waals surface area contributed by atoms with Crippen LogP contribution in [-0.2, 0) is 4.79 Å². The number of hydrogen-bond acceptors (Lipinski definition) is 4. The van der Waals surface area contributed by atoms with E-state index >= 15 is 0 Å². The molecule has 31 heavy (non-hydrogen) atoms. The number of anilines is 1. The van der Waals surface area contributed by atoms with Gasteiger partial charge in [0.15, 0.2) is 0 Å². The summed E-state index contributed by atoms with van der Waals surface area (Å²) < 4.78 is 15.6. The van der Waals surface area contributed by atoms with E-state index in [4.69, 9.17) is 11.6 Å². The highest BCUT2D eigenvalue weighted by Crippen LogP contribution is 2.29. The van der Waals surface area contributed by atoms with Gasteiger partial charge in [0.25, 0.3) is 11.6 Å². The Morgan fingerprint density at radius 1 is 1.26 bits per heavy atom. The Morgan fingerprint density at radius 3 is 2.58 bits per heavy atom. The van der Waals surface area contributed by atoms with Crippen LogP contribution in [0.15, 0.2) is 54.1 Å². The van der Waals surface area contributed by atoms with E-state index in [0.29, 0.717) is 16.9 Å². The number of halogens is 2. The summed E-state index contributed by atoms with van der Waals surface area (Å²) in [5.41, 5.74) is 2.20. The average molecular weight is 439 g/mol. The molecule has 0 radical (unpaired) electrons. The van der Waals surface area contributed by atoms with E-state index < -0.39 is 16.6 Å². The molecule has 0 saturated carbocycles. The van der Waals surface area contributed by atoms with Crippen LogP contribution in [0.25, 0.3) is 11.8 Å². The zero-order chi connectivity index (χ0) is 22.7. The molecule has 9 heteroatoms. The molecule has 0 atom stereocenters. The normalized spacial score (nSPS) is 11.1. The third-order valence-corrected chi connectivity index (χ3v) is 4.95. The molecule has 0 bridgehead atoms. The van der Waals surface area contributed by atoms with Crippen molar-refractivity contribution in [3.63, 3.8) is 0 Å². The Labute approximate surface area is 182 Å². The van der Waals surface area contributed by atoms with Gasteiger partial charge in [-0.1, -0.05) is 23.7 Å². The molecule has 0 aliphatic rings. The van der Waals surface area contributed by atoms with Crippen molar-refractivity contribution in [1.29, 1.82) is 5.26 Å². The summed E-state index contributed by atoms with van der Waals surface area (Å²) in [5, 5.41) is 22.8. The van der Waals surface area contributed by atoms with Crippen LogP contribution in [-0.4, -0.2) is 15.4 Å². The van der Waals surface area contributed by atoms with Gasteiger partial charge < -0.3 is 9.88 Å². The van der Waals surface area contributed by atoms with E-state index in [1.807, 2.05) is 13.0 Å². The molecule has 0 unspecified atom stereocenters. The number of carbonyl (C=O) groups is 1. The number of nitro groups is 1. The van der Waals surface area contributed by atoms with E-state index in [1.165, 1.54) is 36.4 Å². The van der Waals surface area contributed by atoms with Crippen molar-refractivity contribution in [3.8, 4) is 11.8 Å². The molecular weight excluding hydrogens is 423 g/mol. The van der Waals surface area contributed by atoms with Gasteiger partial charge in [-0.2, -0.15) is 5.26 Å². The van der Waals surface area contributed by atoms with E-state index in [0.717, 1.165) is 5.69 Å². The lowest BCUT2D eigenvalue weighted by atomic mass is 10.1. The molecule has 1 N–H and O–H groups in total. The second-order valence-electron chi connectivity index (χ2n) is 6.66. The van der Waals surface area contributed by atoms with E-state index in [2.05, 4.69) is 5.32 Å². The third kappa shape index (κ3) is 4.47. The second-order valence-corrected chi connectivity index (χ2v) is 7.07. The highest BCUT2D eigenvalue weighted by molar-refractivity contribution is 6.32. The molecule has 1 aromatic heterocycles. The van der Waals surface area contributed by atoms with Crippen LogP contribution in [0.4, 0.5) is 15.8 Å². The lowest BCUT2D eigenvalue weighted by Gasteiger charge is -2.10. The van der Waals surface area contributed by atoms with Crippen molar-refractivity contribution in [2.75, 3.05) is 5.32 Å². The van der Waals surface area contributed by atoms with Crippen LogP contribution < -0.4 is 5.32 Å². The van der Waals surface area contributed by atoms with Crippen molar-refractivity contribution in [2.24, 2.45) is 0 Å². The van der Waals surface area contributed by atoms with Gasteiger partial charge in [-0.05, 0) is 55.8 Å². The van der Waals surface area contributed by atoms with Gasteiger partial charge in [0.2, 0.25) is 0 Å². The molecule has 3 aromatic rings. The third-order valence-electron chi connectivity index (χ3n) is 4.64. The maximum atomic E-state index is 13.8. The average Bonchev–Trinajstić information content (AvgIpc) is 3.00. The van der Waals surface area contributed by atoms with E-state index in [9.17, 15) is 24.6 Å². The minimum absolute atomic E-state index is 0.00549. The number of hydrogen-bond donors (Lipinski definition) is 1. The Morgan fingerprint density at radius 2 is 1.97 bits per heavy atom. The standard InChI is InChI=1S/C22H16ClFN4O3/c1-13-9-15(10-16(12-25)22(29)26-20-6-4-3-5-19(20)24)14(2)27(13)17-7-8-21(28(30)31)18(23)11-17/h3-11H,1-2H3,(H,26,29)/b16-10-. The molecule has 0 saturated heterocycles. The quantitative estimate of drug-likeness (QED) is 0.251. The highest BCUT2D eigenvalue weighted by atomic mass is 35.5. The van der Waals surface area contributed by atoms with Gasteiger partial charge >= 0.3 is 0 Å². The number of amides is 1. The minimum atomic E-state index is -0.740. The lowest BCUT2D eigenvalue weighted by Crippen LogP contribution is -2.14. The molecule has 0 spiro atoms. The van der Waals surface area contributed by atoms with Crippen LogP contribution in [0.5, 0.6) is 0 Å². The summed E-state index contributed by atoms with van der Waals surface area (Å²) in [4.78, 5) is 22.9. The van der Waals surface area contributed by atoms with Crippen molar-refractivity contribution >= 4 is 35.0 Å². The number of aromatic nitrogens is 1. The Bertz CT molecular complexity index is 1270. The summed E-state index contributed by atoms with van der Waals surface area (Å²) >= 11 is 6.03. The monoisotopic (exact) mass is 438 g/mol. The van der Waals surface area contributed by atoms with Crippen molar-refractivity contribution in [2.45, 2.75) is 13.8 Å². The summed E-state index contributed by atoms with van der Waals surface area (Å²) in [5.74, 6) is -1.35. The van der Waals surface area contributed by atoms with Crippen LogP contribution >= 0.6 is 11.6 Å². The number of aryl methyl sites for hydroxylation is 1. The smallest absolute Gasteiger partial charge is 0.288 e. The number of nitriles is 1. The number of nitro benzene ring substituents is 1. The first kappa shape index (κ1) is 21.7. The van der Waals surface area contributed by atoms with E-state index in [1.54, 1.807) is 29.7 Å². The van der Waals surface area contributed by atoms with Crippen LogP contribution in [0.3, 0.4) is 0 Å². The molecule has 0 aliphatic carbocycles. The second kappa shape index (κ2) is 8.81. The van der Waals surface area contributed by atoms with Gasteiger partial charge in [0.05, 0.1) is 10.6 Å². The van der Waals surface area contributed by atoms with Crippen LogP contribution in [0, 0.1) is 41.1 Å². The first-order chi connectivity index (χ1) is 14.7. The number of nitrogens with zero attached hydrogens (tertiary/aromatic N) is 3. The number of carbonyl (C=O) groups excluding carboxylic acids is 1. The molecular formula is C22H16ClFN4O3. The SMILES string of the molecule is Cc1cc(/C=C(/C#N)C(=O)Nc2ccccc2F)c(C)n1-c1ccc([N+](=O)[O-])c(Cl)c1. The molecule has 1 heterocycles. The number of benzene rings is 2. The molecule has 3 rings (SSSR count). The summed E-state index contributed by atoms with van der Waals surface area (Å²) in [7, 11) is 0. The maximum Gasteiger partial charge on any atom is 0.288 e. The van der Waals surface area contributed by atoms with Gasteiger partial charge in [-0.3, -0.25) is 14.9 Å². The van der Waals surface area contributed by atoms with Gasteiger partial charge in [-0.15, -0.1) is 0 Å². The van der Waals surface area contributed by atoms with Gasteiger partial charge in [0.1, 0.15) is 22.5 Å². The van der Waals surface area contributed by atoms with Crippen LogP contribution in [0.2, 0.25) is 5.02 Å². The fraction of sp³-hybridized carbons (Fsp3) is 0.0909.